The Balaban J connectivity index is 2.33. The lowest BCUT2D eigenvalue weighted by molar-refractivity contribution is 0.0474. The van der Waals surface area contributed by atoms with Crippen molar-refractivity contribution in [2.45, 2.75) is 19.9 Å². The Hall–Kier alpha value is -2.58. The van der Waals surface area contributed by atoms with E-state index >= 15 is 0 Å². The Morgan fingerprint density at radius 3 is 2.30 bits per heavy atom. The van der Waals surface area contributed by atoms with Gasteiger partial charge in [-0.05, 0) is 18.6 Å². The Morgan fingerprint density at radius 2 is 1.74 bits per heavy atom. The van der Waals surface area contributed by atoms with Crippen LogP contribution in [0.2, 0.25) is 10.0 Å². The molecular weight excluding hydrogens is 397 g/mol. The lowest BCUT2D eigenvalue weighted by atomic mass is 10.2. The number of ketones is 1. The number of halogens is 2. The van der Waals surface area contributed by atoms with Crippen molar-refractivity contribution in [2.24, 2.45) is 7.05 Å². The van der Waals surface area contributed by atoms with Crippen LogP contribution in [-0.4, -0.2) is 27.5 Å². The molecule has 2 aromatic rings. The van der Waals surface area contributed by atoms with Crippen LogP contribution < -0.4 is 17.0 Å². The monoisotopic (exact) mass is 413 g/mol. The third-order valence-corrected chi connectivity index (χ3v) is 4.44. The summed E-state index contributed by atoms with van der Waals surface area (Å²) in [7, 11) is 1.24. The smallest absolute Gasteiger partial charge is 0.341 e. The third-order valence-electron chi connectivity index (χ3n) is 3.81. The molecule has 0 aliphatic carbocycles. The van der Waals surface area contributed by atoms with Crippen LogP contribution in [0.25, 0.3) is 0 Å². The van der Waals surface area contributed by atoms with Gasteiger partial charge in [0.1, 0.15) is 11.4 Å². The zero-order valence-electron chi connectivity index (χ0n) is 14.6. The summed E-state index contributed by atoms with van der Waals surface area (Å²) in [5.41, 5.74) is 3.86. The molecular formula is C17H17Cl2N3O5. The van der Waals surface area contributed by atoms with Gasteiger partial charge in [0.25, 0.3) is 5.56 Å². The highest BCUT2D eigenvalue weighted by molar-refractivity contribution is 6.39. The minimum absolute atomic E-state index is 0.0619. The Bertz CT molecular complexity index is 1010. The summed E-state index contributed by atoms with van der Waals surface area (Å²) in [6.07, 6.45) is 0.565. The van der Waals surface area contributed by atoms with Gasteiger partial charge in [0.15, 0.2) is 6.61 Å². The predicted octanol–water partition coefficient (Wildman–Crippen LogP) is 1.89. The largest absolute Gasteiger partial charge is 0.454 e. The second-order valence-electron chi connectivity index (χ2n) is 5.65. The van der Waals surface area contributed by atoms with E-state index in [1.807, 2.05) is 6.92 Å². The van der Waals surface area contributed by atoms with Crippen LogP contribution in [0.3, 0.4) is 0 Å². The lowest BCUT2D eigenvalue weighted by Gasteiger charge is -2.14. The normalized spacial score (nSPS) is 10.7. The number of hydrogen-bond donors (Lipinski definition) is 1. The fourth-order valence-electron chi connectivity index (χ4n) is 2.45. The van der Waals surface area contributed by atoms with E-state index in [1.165, 1.54) is 19.2 Å². The molecule has 0 saturated heterocycles. The van der Waals surface area contributed by atoms with E-state index in [4.69, 9.17) is 33.7 Å². The number of rotatable bonds is 6. The molecule has 1 aromatic carbocycles. The van der Waals surface area contributed by atoms with Crippen molar-refractivity contribution >= 4 is 40.8 Å². The van der Waals surface area contributed by atoms with E-state index in [9.17, 15) is 19.2 Å². The maximum atomic E-state index is 12.5. The van der Waals surface area contributed by atoms with Crippen LogP contribution in [-0.2, 0) is 18.3 Å². The van der Waals surface area contributed by atoms with Crippen LogP contribution in [0.15, 0.2) is 27.8 Å². The van der Waals surface area contributed by atoms with Crippen molar-refractivity contribution in [1.29, 1.82) is 0 Å². The average molecular weight is 414 g/mol. The van der Waals surface area contributed by atoms with Crippen LogP contribution in [0, 0.1) is 0 Å². The first-order chi connectivity index (χ1) is 12.7. The van der Waals surface area contributed by atoms with E-state index < -0.39 is 35.2 Å². The first-order valence-corrected chi connectivity index (χ1v) is 8.69. The summed E-state index contributed by atoms with van der Waals surface area (Å²) in [5, 5.41) is 0.124. The number of carbonyl (C=O) groups excluding carboxylic acids is 2. The maximum absolute atomic E-state index is 12.5. The van der Waals surface area contributed by atoms with Crippen LogP contribution in [0.4, 0.5) is 5.82 Å². The zero-order chi connectivity index (χ0) is 20.3. The summed E-state index contributed by atoms with van der Waals surface area (Å²) >= 11 is 11.8. The van der Waals surface area contributed by atoms with Gasteiger partial charge < -0.3 is 10.5 Å². The molecule has 8 nitrogen and oxygen atoms in total. The zero-order valence-corrected chi connectivity index (χ0v) is 16.1. The van der Waals surface area contributed by atoms with Crippen molar-refractivity contribution in [3.05, 3.63) is 60.2 Å². The number of aromatic nitrogens is 2. The molecule has 0 radical (unpaired) electrons. The average Bonchev–Trinajstić information content (AvgIpc) is 2.62. The number of nitrogen functional groups attached to an aromatic ring is 1. The number of Topliss-reactive ketones (excluding diaryl/α,β-unsaturated/α-hetero) is 1. The van der Waals surface area contributed by atoms with Gasteiger partial charge in [0, 0.05) is 13.6 Å². The molecule has 0 fully saturated rings. The molecule has 10 heteroatoms. The van der Waals surface area contributed by atoms with Gasteiger partial charge in [-0.1, -0.05) is 36.2 Å². The number of carbonyl (C=O) groups is 2. The minimum Gasteiger partial charge on any atom is -0.454 e. The van der Waals surface area contributed by atoms with Gasteiger partial charge in [-0.2, -0.15) is 0 Å². The molecule has 0 saturated carbocycles. The van der Waals surface area contributed by atoms with Crippen molar-refractivity contribution < 1.29 is 14.3 Å². The number of nitrogens with two attached hydrogens (primary N) is 1. The molecule has 0 amide bonds. The number of ether oxygens (including phenoxy) is 1. The summed E-state index contributed by atoms with van der Waals surface area (Å²) in [6.45, 7) is 1.28. The van der Waals surface area contributed by atoms with Crippen molar-refractivity contribution in [3.8, 4) is 0 Å². The molecule has 27 heavy (non-hydrogen) atoms. The summed E-state index contributed by atoms with van der Waals surface area (Å²) in [6, 6.07) is 4.44. The molecule has 0 unspecified atom stereocenters. The molecule has 2 N–H and O–H groups in total. The molecule has 0 aliphatic heterocycles. The number of nitrogens with zero attached hydrogens (tertiary/aromatic N) is 2. The van der Waals surface area contributed by atoms with E-state index in [0.29, 0.717) is 6.42 Å². The highest BCUT2D eigenvalue weighted by Gasteiger charge is 2.23. The number of esters is 1. The van der Waals surface area contributed by atoms with Gasteiger partial charge in [-0.15, -0.1) is 0 Å². The topological polar surface area (TPSA) is 113 Å². The second-order valence-corrected chi connectivity index (χ2v) is 6.47. The molecule has 1 heterocycles. The molecule has 0 bridgehead atoms. The van der Waals surface area contributed by atoms with E-state index in [0.717, 1.165) is 9.13 Å². The molecule has 0 atom stereocenters. The summed E-state index contributed by atoms with van der Waals surface area (Å²) in [4.78, 5) is 49.0. The second kappa shape index (κ2) is 8.41. The lowest BCUT2D eigenvalue weighted by Crippen LogP contribution is -2.43. The fourth-order valence-corrected chi connectivity index (χ4v) is 3.01. The summed E-state index contributed by atoms with van der Waals surface area (Å²) < 4.78 is 6.85. The first kappa shape index (κ1) is 20.7. The van der Waals surface area contributed by atoms with E-state index in [-0.39, 0.29) is 28.0 Å². The van der Waals surface area contributed by atoms with Crippen molar-refractivity contribution in [1.82, 2.24) is 9.13 Å². The number of anilines is 1. The minimum atomic E-state index is -0.920. The Kier molecular flexibility index (Phi) is 6.45. The SMILES string of the molecule is CCCn1c(N)c(C(=O)COC(=O)c2c(Cl)cccc2Cl)c(=O)n(C)c1=O. The molecule has 144 valence electrons. The van der Waals surface area contributed by atoms with Gasteiger partial charge >= 0.3 is 11.7 Å². The van der Waals surface area contributed by atoms with Crippen molar-refractivity contribution in [2.75, 3.05) is 12.3 Å². The number of hydrogen-bond acceptors (Lipinski definition) is 6. The quantitative estimate of drug-likeness (QED) is 0.571. The van der Waals surface area contributed by atoms with Crippen molar-refractivity contribution in [3.63, 3.8) is 0 Å². The molecule has 2 rings (SSSR count). The maximum Gasteiger partial charge on any atom is 0.341 e. The standard InChI is InChI=1S/C17H17Cl2N3O5/c1-3-7-22-14(20)13(15(24)21(2)17(22)26)11(23)8-27-16(25)12-9(18)5-4-6-10(12)19/h4-6H,3,7-8,20H2,1-2H3. The van der Waals surface area contributed by atoms with Gasteiger partial charge in [-0.25, -0.2) is 9.59 Å². The molecule has 0 spiro atoms. The highest BCUT2D eigenvalue weighted by atomic mass is 35.5. The predicted molar refractivity (Wildman–Crippen MR) is 102 cm³/mol. The van der Waals surface area contributed by atoms with Crippen LogP contribution >= 0.6 is 23.2 Å². The molecule has 1 aromatic heterocycles. The molecule has 0 aliphatic rings. The number of benzene rings is 1. The summed E-state index contributed by atoms with van der Waals surface area (Å²) in [5.74, 6) is -2.02. The van der Waals surface area contributed by atoms with Crippen LogP contribution in [0.1, 0.15) is 34.1 Å². The third kappa shape index (κ3) is 4.06. The first-order valence-electron chi connectivity index (χ1n) is 7.94. The van der Waals surface area contributed by atoms with Crippen LogP contribution in [0.5, 0.6) is 0 Å². The Morgan fingerprint density at radius 1 is 1.15 bits per heavy atom. The highest BCUT2D eigenvalue weighted by Crippen LogP contribution is 2.25. The van der Waals surface area contributed by atoms with Gasteiger partial charge in [-0.3, -0.25) is 18.7 Å². The fraction of sp³-hybridized carbons (Fsp3) is 0.294. The van der Waals surface area contributed by atoms with E-state index in [1.54, 1.807) is 6.07 Å². The van der Waals surface area contributed by atoms with Gasteiger partial charge in [0.2, 0.25) is 5.78 Å². The Labute approximate surface area is 164 Å². The van der Waals surface area contributed by atoms with E-state index in [2.05, 4.69) is 0 Å². The van der Waals surface area contributed by atoms with Gasteiger partial charge in [0.05, 0.1) is 15.6 Å².